The standard InChI is InChI=1S/C17H24FNO/c18-14-8-6-12(7-9-14)13-10-15(11-13)19-16-4-2-1-3-5-17(16)20/h6-9,13,15-17,19-20H,1-5,10-11H2. The van der Waals surface area contributed by atoms with Crippen molar-refractivity contribution in [2.45, 2.75) is 69.1 Å². The lowest BCUT2D eigenvalue weighted by Gasteiger charge is -2.39. The Bertz CT molecular complexity index is 427. The fourth-order valence-corrected chi connectivity index (χ4v) is 3.55. The monoisotopic (exact) mass is 277 g/mol. The Labute approximate surface area is 120 Å². The van der Waals surface area contributed by atoms with E-state index in [0.29, 0.717) is 12.0 Å². The van der Waals surface area contributed by atoms with Gasteiger partial charge in [0.1, 0.15) is 5.82 Å². The molecule has 2 fully saturated rings. The molecule has 0 aliphatic heterocycles. The molecule has 0 radical (unpaired) electrons. The Balaban J connectivity index is 1.49. The van der Waals surface area contributed by atoms with Crippen molar-refractivity contribution in [2.24, 2.45) is 0 Å². The zero-order chi connectivity index (χ0) is 13.9. The van der Waals surface area contributed by atoms with Gasteiger partial charge in [-0.25, -0.2) is 4.39 Å². The fourth-order valence-electron chi connectivity index (χ4n) is 3.55. The van der Waals surface area contributed by atoms with Crippen molar-refractivity contribution in [3.8, 4) is 0 Å². The van der Waals surface area contributed by atoms with E-state index in [4.69, 9.17) is 0 Å². The van der Waals surface area contributed by atoms with Crippen molar-refractivity contribution < 1.29 is 9.50 Å². The molecule has 1 aromatic carbocycles. The second kappa shape index (κ2) is 6.23. The first kappa shape index (κ1) is 14.0. The molecule has 0 heterocycles. The lowest BCUT2D eigenvalue weighted by molar-refractivity contribution is 0.102. The molecule has 0 amide bonds. The summed E-state index contributed by atoms with van der Waals surface area (Å²) in [6.45, 7) is 0. The Morgan fingerprint density at radius 1 is 1.00 bits per heavy atom. The molecule has 2 atom stereocenters. The number of nitrogens with one attached hydrogen (secondary N) is 1. The molecule has 2 saturated carbocycles. The topological polar surface area (TPSA) is 32.3 Å². The van der Waals surface area contributed by atoms with Crippen LogP contribution in [-0.4, -0.2) is 23.3 Å². The van der Waals surface area contributed by atoms with Crippen LogP contribution in [0.2, 0.25) is 0 Å². The average Bonchev–Trinajstić information content (AvgIpc) is 2.60. The molecule has 2 aliphatic carbocycles. The summed E-state index contributed by atoms with van der Waals surface area (Å²) in [5.74, 6) is 0.389. The highest BCUT2D eigenvalue weighted by Crippen LogP contribution is 2.37. The molecule has 2 N–H and O–H groups in total. The lowest BCUT2D eigenvalue weighted by atomic mass is 9.75. The second-order valence-electron chi connectivity index (χ2n) is 6.40. The highest BCUT2D eigenvalue weighted by atomic mass is 19.1. The van der Waals surface area contributed by atoms with Gasteiger partial charge >= 0.3 is 0 Å². The SMILES string of the molecule is OC1CCCCCC1NC1CC(c2ccc(F)cc2)C1. The minimum absolute atomic E-state index is 0.163. The smallest absolute Gasteiger partial charge is 0.123 e. The highest BCUT2D eigenvalue weighted by Gasteiger charge is 2.33. The van der Waals surface area contributed by atoms with Gasteiger partial charge in [0, 0.05) is 12.1 Å². The molecule has 3 heteroatoms. The van der Waals surface area contributed by atoms with E-state index in [-0.39, 0.29) is 18.0 Å². The predicted octanol–water partition coefficient (Wildman–Crippen LogP) is 3.35. The van der Waals surface area contributed by atoms with Gasteiger partial charge < -0.3 is 10.4 Å². The van der Waals surface area contributed by atoms with Crippen LogP contribution in [0.15, 0.2) is 24.3 Å². The van der Waals surface area contributed by atoms with Gasteiger partial charge in [-0.15, -0.1) is 0 Å². The van der Waals surface area contributed by atoms with Gasteiger partial charge in [0.2, 0.25) is 0 Å². The van der Waals surface area contributed by atoms with Gasteiger partial charge in [0.25, 0.3) is 0 Å². The Kier molecular flexibility index (Phi) is 4.37. The number of benzene rings is 1. The number of hydrogen-bond acceptors (Lipinski definition) is 2. The molecule has 0 bridgehead atoms. The number of hydrogen-bond donors (Lipinski definition) is 2. The van der Waals surface area contributed by atoms with Gasteiger partial charge in [-0.2, -0.15) is 0 Å². The summed E-state index contributed by atoms with van der Waals surface area (Å²) in [5.41, 5.74) is 1.24. The van der Waals surface area contributed by atoms with Crippen LogP contribution in [0.4, 0.5) is 4.39 Å². The summed E-state index contributed by atoms with van der Waals surface area (Å²) in [6.07, 6.45) is 7.69. The molecular weight excluding hydrogens is 253 g/mol. The summed E-state index contributed by atoms with van der Waals surface area (Å²) < 4.78 is 12.9. The normalized spacial score (nSPS) is 34.3. The van der Waals surface area contributed by atoms with Crippen LogP contribution in [0.25, 0.3) is 0 Å². The van der Waals surface area contributed by atoms with Crippen molar-refractivity contribution in [1.82, 2.24) is 5.32 Å². The van der Waals surface area contributed by atoms with Crippen LogP contribution in [0.3, 0.4) is 0 Å². The molecule has 3 rings (SSSR count). The number of aliphatic hydroxyl groups is 1. The third-order valence-electron chi connectivity index (χ3n) is 4.91. The van der Waals surface area contributed by atoms with Gasteiger partial charge in [-0.3, -0.25) is 0 Å². The zero-order valence-corrected chi connectivity index (χ0v) is 11.9. The zero-order valence-electron chi connectivity index (χ0n) is 11.9. The number of rotatable bonds is 3. The van der Waals surface area contributed by atoms with Gasteiger partial charge in [0.15, 0.2) is 0 Å². The summed E-state index contributed by atoms with van der Waals surface area (Å²) >= 11 is 0. The van der Waals surface area contributed by atoms with Crippen LogP contribution < -0.4 is 5.32 Å². The summed E-state index contributed by atoms with van der Waals surface area (Å²) in [6, 6.07) is 7.68. The van der Waals surface area contributed by atoms with Crippen LogP contribution in [0.5, 0.6) is 0 Å². The van der Waals surface area contributed by atoms with Crippen molar-refractivity contribution in [1.29, 1.82) is 0 Å². The highest BCUT2D eigenvalue weighted by molar-refractivity contribution is 5.23. The van der Waals surface area contributed by atoms with Gasteiger partial charge in [-0.1, -0.05) is 31.4 Å². The Hall–Kier alpha value is -0.930. The molecule has 2 aliphatic rings. The van der Waals surface area contributed by atoms with E-state index < -0.39 is 0 Å². The first-order valence-corrected chi connectivity index (χ1v) is 7.92. The first-order valence-electron chi connectivity index (χ1n) is 7.92. The van der Waals surface area contributed by atoms with E-state index in [1.807, 2.05) is 12.1 Å². The van der Waals surface area contributed by atoms with Crippen LogP contribution in [-0.2, 0) is 0 Å². The van der Waals surface area contributed by atoms with E-state index in [1.165, 1.54) is 18.4 Å². The minimum atomic E-state index is -0.178. The van der Waals surface area contributed by atoms with E-state index >= 15 is 0 Å². The lowest BCUT2D eigenvalue weighted by Crippen LogP contribution is -2.49. The average molecular weight is 277 g/mol. The largest absolute Gasteiger partial charge is 0.392 e. The molecule has 20 heavy (non-hydrogen) atoms. The van der Waals surface area contributed by atoms with Gasteiger partial charge in [-0.05, 0) is 49.3 Å². The van der Waals surface area contributed by atoms with Crippen LogP contribution in [0.1, 0.15) is 56.4 Å². The molecule has 2 unspecified atom stereocenters. The molecule has 110 valence electrons. The third kappa shape index (κ3) is 3.21. The summed E-state index contributed by atoms with van der Waals surface area (Å²) in [7, 11) is 0. The van der Waals surface area contributed by atoms with E-state index in [2.05, 4.69) is 5.32 Å². The van der Waals surface area contributed by atoms with Crippen molar-refractivity contribution in [2.75, 3.05) is 0 Å². The maximum atomic E-state index is 12.9. The first-order chi connectivity index (χ1) is 9.72. The third-order valence-corrected chi connectivity index (χ3v) is 4.91. The summed E-state index contributed by atoms with van der Waals surface area (Å²) in [5, 5.41) is 13.8. The molecule has 2 nitrogen and oxygen atoms in total. The van der Waals surface area contributed by atoms with E-state index in [0.717, 1.165) is 32.1 Å². The van der Waals surface area contributed by atoms with Crippen LogP contribution in [0, 0.1) is 5.82 Å². The molecule has 0 spiro atoms. The maximum absolute atomic E-state index is 12.9. The van der Waals surface area contributed by atoms with Gasteiger partial charge in [0.05, 0.1) is 6.10 Å². The number of aliphatic hydroxyl groups excluding tert-OH is 1. The van der Waals surface area contributed by atoms with E-state index in [1.54, 1.807) is 12.1 Å². The van der Waals surface area contributed by atoms with Crippen molar-refractivity contribution in [3.05, 3.63) is 35.6 Å². The molecular formula is C17H24FNO. The quantitative estimate of drug-likeness (QED) is 0.830. The van der Waals surface area contributed by atoms with Crippen LogP contribution >= 0.6 is 0 Å². The molecule has 0 saturated heterocycles. The Morgan fingerprint density at radius 2 is 1.70 bits per heavy atom. The number of halogens is 1. The molecule has 1 aromatic rings. The van der Waals surface area contributed by atoms with Crippen molar-refractivity contribution >= 4 is 0 Å². The summed E-state index contributed by atoms with van der Waals surface area (Å²) in [4.78, 5) is 0. The Morgan fingerprint density at radius 3 is 2.45 bits per heavy atom. The second-order valence-corrected chi connectivity index (χ2v) is 6.40. The van der Waals surface area contributed by atoms with E-state index in [9.17, 15) is 9.50 Å². The maximum Gasteiger partial charge on any atom is 0.123 e. The fraction of sp³-hybridized carbons (Fsp3) is 0.647. The molecule has 0 aromatic heterocycles. The minimum Gasteiger partial charge on any atom is -0.392 e. The van der Waals surface area contributed by atoms with Crippen molar-refractivity contribution in [3.63, 3.8) is 0 Å². The predicted molar refractivity (Wildman–Crippen MR) is 78.2 cm³/mol.